The van der Waals surface area contributed by atoms with E-state index in [0.29, 0.717) is 6.54 Å². The van der Waals surface area contributed by atoms with E-state index in [9.17, 15) is 4.79 Å². The van der Waals surface area contributed by atoms with Gasteiger partial charge in [-0.05, 0) is 38.0 Å². The van der Waals surface area contributed by atoms with Gasteiger partial charge in [0.25, 0.3) is 5.91 Å². The van der Waals surface area contributed by atoms with Crippen LogP contribution in [0.15, 0.2) is 30.0 Å². The molecule has 138 valence electrons. The summed E-state index contributed by atoms with van der Waals surface area (Å²) in [5.74, 6) is 0.542. The molecule has 0 bridgehead atoms. The number of pyridine rings is 1. The molecule has 1 unspecified atom stereocenters. The summed E-state index contributed by atoms with van der Waals surface area (Å²) in [5.41, 5.74) is 12.0. The van der Waals surface area contributed by atoms with Crippen molar-refractivity contribution in [2.45, 2.75) is 26.2 Å². The molecule has 0 spiro atoms. The molecule has 1 amide bonds. The lowest BCUT2D eigenvalue weighted by Gasteiger charge is -2.16. The van der Waals surface area contributed by atoms with Crippen molar-refractivity contribution in [2.75, 3.05) is 18.8 Å². The Balaban J connectivity index is 1.56. The number of nitrogens with zero attached hydrogens (tertiary/aromatic N) is 5. The van der Waals surface area contributed by atoms with Gasteiger partial charge < -0.3 is 10.6 Å². The molecule has 3 aromatic rings. The van der Waals surface area contributed by atoms with Gasteiger partial charge in [-0.2, -0.15) is 0 Å². The maximum absolute atomic E-state index is 12.7. The molecule has 1 saturated heterocycles. The Morgan fingerprint density at radius 3 is 2.67 bits per heavy atom. The number of nitrogens with two attached hydrogens (primary N) is 1. The van der Waals surface area contributed by atoms with Crippen LogP contribution in [0.3, 0.4) is 0 Å². The van der Waals surface area contributed by atoms with Crippen LogP contribution in [0.5, 0.6) is 0 Å². The van der Waals surface area contributed by atoms with Crippen molar-refractivity contribution in [2.24, 2.45) is 0 Å². The van der Waals surface area contributed by atoms with Crippen molar-refractivity contribution in [1.29, 1.82) is 0 Å². The van der Waals surface area contributed by atoms with Crippen molar-refractivity contribution in [3.05, 3.63) is 52.0 Å². The average molecular weight is 380 g/mol. The SMILES string of the molecule is Cc1cc(-c2cnc(N)nc2)cc(C2CCN(C(=O)c3scnc3C)C2)n1. The highest BCUT2D eigenvalue weighted by Gasteiger charge is 2.30. The number of thiazole rings is 1. The lowest BCUT2D eigenvalue weighted by Crippen LogP contribution is -2.28. The molecule has 1 atom stereocenters. The number of amides is 1. The topological polar surface area (TPSA) is 97.9 Å². The van der Waals surface area contributed by atoms with E-state index in [1.165, 1.54) is 11.3 Å². The van der Waals surface area contributed by atoms with Crippen LogP contribution >= 0.6 is 11.3 Å². The second-order valence-corrected chi connectivity index (χ2v) is 7.61. The third-order valence-corrected chi connectivity index (χ3v) is 5.73. The third kappa shape index (κ3) is 3.52. The fraction of sp³-hybridized carbons (Fsp3) is 0.316. The maximum Gasteiger partial charge on any atom is 0.265 e. The highest BCUT2D eigenvalue weighted by molar-refractivity contribution is 7.11. The lowest BCUT2D eigenvalue weighted by molar-refractivity contribution is 0.0794. The van der Waals surface area contributed by atoms with E-state index in [4.69, 9.17) is 10.7 Å². The zero-order valence-corrected chi connectivity index (χ0v) is 16.0. The first-order valence-corrected chi connectivity index (χ1v) is 9.65. The number of nitrogen functional groups attached to an aromatic ring is 1. The molecule has 1 aliphatic heterocycles. The minimum atomic E-state index is 0.0670. The number of aryl methyl sites for hydroxylation is 2. The van der Waals surface area contributed by atoms with E-state index >= 15 is 0 Å². The van der Waals surface area contributed by atoms with Crippen LogP contribution in [-0.4, -0.2) is 43.8 Å². The normalized spacial score (nSPS) is 16.7. The Labute approximate surface area is 161 Å². The van der Waals surface area contributed by atoms with Gasteiger partial charge in [0.15, 0.2) is 0 Å². The standard InChI is InChI=1S/C19H20N6OS/c1-11-5-14(15-7-21-19(20)22-8-15)6-16(24-11)13-3-4-25(9-13)18(26)17-12(2)23-10-27-17/h5-8,10,13H,3-4,9H2,1-2H3,(H2,20,21,22). The zero-order chi connectivity index (χ0) is 19.0. The van der Waals surface area contributed by atoms with E-state index in [1.807, 2.05) is 24.8 Å². The Hall–Kier alpha value is -2.87. The zero-order valence-electron chi connectivity index (χ0n) is 15.2. The summed E-state index contributed by atoms with van der Waals surface area (Å²) in [7, 11) is 0. The maximum atomic E-state index is 12.7. The summed E-state index contributed by atoms with van der Waals surface area (Å²) in [5, 5.41) is 0. The van der Waals surface area contributed by atoms with Gasteiger partial charge in [0.2, 0.25) is 5.95 Å². The Morgan fingerprint density at radius 1 is 1.19 bits per heavy atom. The van der Waals surface area contributed by atoms with Crippen molar-refractivity contribution < 1.29 is 4.79 Å². The molecule has 4 heterocycles. The molecule has 8 heteroatoms. The van der Waals surface area contributed by atoms with Crippen molar-refractivity contribution >= 4 is 23.2 Å². The number of anilines is 1. The van der Waals surface area contributed by atoms with Gasteiger partial charge in [0.1, 0.15) is 4.88 Å². The molecule has 4 rings (SSSR count). The predicted octanol–water partition coefficient (Wildman–Crippen LogP) is 2.82. The number of likely N-dealkylation sites (tertiary alicyclic amines) is 1. The molecule has 2 N–H and O–H groups in total. The van der Waals surface area contributed by atoms with Crippen LogP contribution in [-0.2, 0) is 0 Å². The third-order valence-electron chi connectivity index (χ3n) is 4.81. The van der Waals surface area contributed by atoms with Crippen molar-refractivity contribution in [3.8, 4) is 11.1 Å². The fourth-order valence-corrected chi connectivity index (χ4v) is 4.16. The second-order valence-electron chi connectivity index (χ2n) is 6.76. The number of hydrogen-bond acceptors (Lipinski definition) is 7. The van der Waals surface area contributed by atoms with Crippen LogP contribution in [0.2, 0.25) is 0 Å². The van der Waals surface area contributed by atoms with Gasteiger partial charge in [-0.25, -0.2) is 15.0 Å². The van der Waals surface area contributed by atoms with E-state index in [0.717, 1.165) is 46.1 Å². The smallest absolute Gasteiger partial charge is 0.265 e. The van der Waals surface area contributed by atoms with Crippen molar-refractivity contribution in [3.63, 3.8) is 0 Å². The van der Waals surface area contributed by atoms with E-state index < -0.39 is 0 Å². The summed E-state index contributed by atoms with van der Waals surface area (Å²) in [6, 6.07) is 4.08. The van der Waals surface area contributed by atoms with Gasteiger partial charge in [0, 0.05) is 48.4 Å². The number of hydrogen-bond donors (Lipinski definition) is 1. The number of carbonyl (C=O) groups is 1. The monoisotopic (exact) mass is 380 g/mol. The average Bonchev–Trinajstić information content (AvgIpc) is 3.30. The van der Waals surface area contributed by atoms with Crippen LogP contribution in [0.25, 0.3) is 11.1 Å². The molecule has 0 radical (unpaired) electrons. The first kappa shape index (κ1) is 17.5. The largest absolute Gasteiger partial charge is 0.368 e. The van der Waals surface area contributed by atoms with Gasteiger partial charge in [-0.3, -0.25) is 9.78 Å². The second kappa shape index (κ2) is 7.03. The molecule has 7 nitrogen and oxygen atoms in total. The van der Waals surface area contributed by atoms with E-state index in [2.05, 4.69) is 21.0 Å². The molecule has 1 fully saturated rings. The number of rotatable bonds is 3. The fourth-order valence-electron chi connectivity index (χ4n) is 3.39. The highest BCUT2D eigenvalue weighted by atomic mass is 32.1. The van der Waals surface area contributed by atoms with E-state index in [1.54, 1.807) is 17.9 Å². The number of aromatic nitrogens is 4. The molecule has 1 aliphatic rings. The summed E-state index contributed by atoms with van der Waals surface area (Å²) in [6.07, 6.45) is 4.34. The quantitative estimate of drug-likeness (QED) is 0.750. The van der Waals surface area contributed by atoms with Crippen LogP contribution in [0.4, 0.5) is 5.95 Å². The van der Waals surface area contributed by atoms with Crippen LogP contribution in [0, 0.1) is 13.8 Å². The van der Waals surface area contributed by atoms with E-state index in [-0.39, 0.29) is 17.8 Å². The number of carbonyl (C=O) groups excluding carboxylic acids is 1. The van der Waals surface area contributed by atoms with Crippen LogP contribution < -0.4 is 5.73 Å². The Kier molecular flexibility index (Phi) is 4.57. The molecular formula is C19H20N6OS. The highest BCUT2D eigenvalue weighted by Crippen LogP contribution is 2.31. The van der Waals surface area contributed by atoms with Gasteiger partial charge in [0.05, 0.1) is 11.2 Å². The lowest BCUT2D eigenvalue weighted by atomic mass is 10.00. The molecule has 0 aromatic carbocycles. The van der Waals surface area contributed by atoms with Gasteiger partial charge >= 0.3 is 0 Å². The molecule has 0 saturated carbocycles. The first-order chi connectivity index (χ1) is 13.0. The summed E-state index contributed by atoms with van der Waals surface area (Å²) in [6.45, 7) is 5.26. The summed E-state index contributed by atoms with van der Waals surface area (Å²) >= 11 is 1.40. The van der Waals surface area contributed by atoms with Gasteiger partial charge in [-0.1, -0.05) is 0 Å². The minimum absolute atomic E-state index is 0.0670. The minimum Gasteiger partial charge on any atom is -0.368 e. The molecular weight excluding hydrogens is 360 g/mol. The van der Waals surface area contributed by atoms with Crippen LogP contribution in [0.1, 0.15) is 39.1 Å². The summed E-state index contributed by atoms with van der Waals surface area (Å²) in [4.78, 5) is 32.4. The van der Waals surface area contributed by atoms with Crippen molar-refractivity contribution in [1.82, 2.24) is 24.8 Å². The van der Waals surface area contributed by atoms with Gasteiger partial charge in [-0.15, -0.1) is 11.3 Å². The Morgan fingerprint density at radius 2 is 1.96 bits per heavy atom. The summed E-state index contributed by atoms with van der Waals surface area (Å²) < 4.78 is 0. The molecule has 3 aromatic heterocycles. The Bertz CT molecular complexity index is 984. The first-order valence-electron chi connectivity index (χ1n) is 8.77. The molecule has 27 heavy (non-hydrogen) atoms. The molecule has 0 aliphatic carbocycles. The predicted molar refractivity (Wildman–Crippen MR) is 105 cm³/mol.